The van der Waals surface area contributed by atoms with Crippen molar-refractivity contribution in [3.63, 3.8) is 0 Å². The first kappa shape index (κ1) is 13.8. The first-order chi connectivity index (χ1) is 7.82. The van der Waals surface area contributed by atoms with Crippen LogP contribution in [0.25, 0.3) is 0 Å². The maximum absolute atomic E-state index is 12.2. The second-order valence-corrected chi connectivity index (χ2v) is 5.12. The Kier molecular flexibility index (Phi) is 4.04. The second-order valence-electron chi connectivity index (χ2n) is 4.74. The van der Waals surface area contributed by atoms with Crippen molar-refractivity contribution in [1.82, 2.24) is 0 Å². The van der Waals surface area contributed by atoms with Crippen LogP contribution >= 0.6 is 11.6 Å². The van der Waals surface area contributed by atoms with E-state index in [0.717, 1.165) is 0 Å². The van der Waals surface area contributed by atoms with Gasteiger partial charge in [-0.1, -0.05) is 32.4 Å². The third-order valence-electron chi connectivity index (χ3n) is 2.41. The van der Waals surface area contributed by atoms with Crippen molar-refractivity contribution in [2.45, 2.75) is 20.8 Å². The second kappa shape index (κ2) is 4.96. The number of methoxy groups -OCH3 is 2. The Hall–Kier alpha value is -1.22. The molecular formula is C13H17ClO3. The molecule has 1 rings (SSSR count). The summed E-state index contributed by atoms with van der Waals surface area (Å²) in [7, 11) is 3.01. The van der Waals surface area contributed by atoms with Crippen LogP contribution in [-0.4, -0.2) is 20.0 Å². The van der Waals surface area contributed by atoms with Gasteiger partial charge < -0.3 is 9.47 Å². The van der Waals surface area contributed by atoms with Crippen LogP contribution in [0.3, 0.4) is 0 Å². The third-order valence-corrected chi connectivity index (χ3v) is 2.77. The molecule has 17 heavy (non-hydrogen) atoms. The lowest BCUT2D eigenvalue weighted by molar-refractivity contribution is 0.0855. The van der Waals surface area contributed by atoms with Gasteiger partial charge in [0.05, 0.1) is 19.8 Å². The molecular weight excluding hydrogens is 240 g/mol. The Morgan fingerprint density at radius 1 is 1.18 bits per heavy atom. The summed E-state index contributed by atoms with van der Waals surface area (Å²) in [4.78, 5) is 12.2. The average Bonchev–Trinajstić information content (AvgIpc) is 2.26. The number of halogens is 1. The van der Waals surface area contributed by atoms with Gasteiger partial charge in [-0.3, -0.25) is 4.79 Å². The molecule has 0 N–H and O–H groups in total. The van der Waals surface area contributed by atoms with E-state index < -0.39 is 5.41 Å². The Balaban J connectivity index is 3.36. The molecule has 1 aromatic rings. The van der Waals surface area contributed by atoms with E-state index in [1.807, 2.05) is 20.8 Å². The van der Waals surface area contributed by atoms with E-state index >= 15 is 0 Å². The van der Waals surface area contributed by atoms with E-state index in [-0.39, 0.29) is 5.78 Å². The highest BCUT2D eigenvalue weighted by molar-refractivity contribution is 6.34. The molecule has 94 valence electrons. The smallest absolute Gasteiger partial charge is 0.171 e. The van der Waals surface area contributed by atoms with E-state index in [9.17, 15) is 4.79 Å². The highest BCUT2D eigenvalue weighted by Crippen LogP contribution is 2.39. The number of carbonyl (C=O) groups is 1. The molecule has 0 amide bonds. The Labute approximate surface area is 107 Å². The highest BCUT2D eigenvalue weighted by Gasteiger charge is 2.27. The molecule has 0 bridgehead atoms. The number of ether oxygens (including phenoxy) is 2. The zero-order valence-corrected chi connectivity index (χ0v) is 11.5. The van der Waals surface area contributed by atoms with E-state index in [4.69, 9.17) is 21.1 Å². The maximum Gasteiger partial charge on any atom is 0.171 e. The van der Waals surface area contributed by atoms with Crippen LogP contribution in [0.1, 0.15) is 31.1 Å². The molecule has 0 aromatic heterocycles. The van der Waals surface area contributed by atoms with Crippen molar-refractivity contribution in [3.05, 3.63) is 22.7 Å². The van der Waals surface area contributed by atoms with Gasteiger partial charge in [0.2, 0.25) is 0 Å². The number of Topliss-reactive ketones (excluding diaryl/α,β-unsaturated/α-hetero) is 1. The lowest BCUT2D eigenvalue weighted by Gasteiger charge is -2.19. The van der Waals surface area contributed by atoms with Gasteiger partial charge in [0.25, 0.3) is 0 Å². The van der Waals surface area contributed by atoms with E-state index in [2.05, 4.69) is 0 Å². The summed E-state index contributed by atoms with van der Waals surface area (Å²) in [6.45, 7) is 5.56. The molecule has 0 aliphatic rings. The Bertz CT molecular complexity index is 433. The molecule has 0 saturated carbocycles. The predicted octanol–water partition coefficient (Wildman–Crippen LogP) is 3.59. The molecule has 0 saturated heterocycles. The molecule has 0 atom stereocenters. The summed E-state index contributed by atoms with van der Waals surface area (Å²) in [5, 5.41) is 0.324. The summed E-state index contributed by atoms with van der Waals surface area (Å²) in [6.07, 6.45) is 0. The lowest BCUT2D eigenvalue weighted by Crippen LogP contribution is -2.21. The SMILES string of the molecule is COc1ccc(C(=O)C(C)(C)C)c(OC)c1Cl. The normalized spacial score (nSPS) is 11.2. The largest absolute Gasteiger partial charge is 0.495 e. The fourth-order valence-corrected chi connectivity index (χ4v) is 1.80. The standard InChI is InChI=1S/C13H17ClO3/c1-13(2,3)12(15)8-6-7-9(16-4)10(14)11(8)17-5/h6-7H,1-5H3. The summed E-state index contributed by atoms with van der Waals surface area (Å²) in [6, 6.07) is 3.35. The van der Waals surface area contributed by atoms with Crippen LogP contribution in [0.5, 0.6) is 11.5 Å². The minimum Gasteiger partial charge on any atom is -0.495 e. The quantitative estimate of drug-likeness (QED) is 0.776. The third kappa shape index (κ3) is 2.72. The van der Waals surface area contributed by atoms with Crippen molar-refractivity contribution in [2.75, 3.05) is 14.2 Å². The topological polar surface area (TPSA) is 35.5 Å². The van der Waals surface area contributed by atoms with Crippen LogP contribution in [0.2, 0.25) is 5.02 Å². The molecule has 4 heteroatoms. The van der Waals surface area contributed by atoms with E-state index in [0.29, 0.717) is 22.1 Å². The first-order valence-corrected chi connectivity index (χ1v) is 5.66. The summed E-state index contributed by atoms with van der Waals surface area (Å²) < 4.78 is 10.3. The highest BCUT2D eigenvalue weighted by atomic mass is 35.5. The first-order valence-electron chi connectivity index (χ1n) is 5.28. The molecule has 0 radical (unpaired) electrons. The Morgan fingerprint density at radius 3 is 2.18 bits per heavy atom. The van der Waals surface area contributed by atoms with Gasteiger partial charge >= 0.3 is 0 Å². The summed E-state index contributed by atoms with van der Waals surface area (Å²) >= 11 is 6.11. The minimum absolute atomic E-state index is 0.0149. The summed E-state index contributed by atoms with van der Waals surface area (Å²) in [5.41, 5.74) is -0.00336. The molecule has 1 aromatic carbocycles. The van der Waals surface area contributed by atoms with Gasteiger partial charge in [0, 0.05) is 5.41 Å². The number of hydrogen-bond acceptors (Lipinski definition) is 3. The van der Waals surface area contributed by atoms with Gasteiger partial charge in [-0.15, -0.1) is 0 Å². The maximum atomic E-state index is 12.2. The number of carbonyl (C=O) groups excluding carboxylic acids is 1. The molecule has 0 unspecified atom stereocenters. The average molecular weight is 257 g/mol. The van der Waals surface area contributed by atoms with Crippen LogP contribution in [0.15, 0.2) is 12.1 Å². The van der Waals surface area contributed by atoms with Crippen molar-refractivity contribution in [2.24, 2.45) is 5.41 Å². The van der Waals surface area contributed by atoms with Crippen molar-refractivity contribution in [1.29, 1.82) is 0 Å². The number of rotatable bonds is 3. The molecule has 0 aliphatic heterocycles. The Morgan fingerprint density at radius 2 is 1.76 bits per heavy atom. The van der Waals surface area contributed by atoms with Crippen LogP contribution in [0.4, 0.5) is 0 Å². The van der Waals surface area contributed by atoms with Gasteiger partial charge in [0.15, 0.2) is 11.5 Å². The molecule has 0 fully saturated rings. The van der Waals surface area contributed by atoms with Gasteiger partial charge in [-0.05, 0) is 12.1 Å². The zero-order valence-electron chi connectivity index (χ0n) is 10.8. The molecule has 3 nitrogen and oxygen atoms in total. The fraction of sp³-hybridized carbons (Fsp3) is 0.462. The van der Waals surface area contributed by atoms with Crippen LogP contribution in [0, 0.1) is 5.41 Å². The van der Waals surface area contributed by atoms with Crippen LogP contribution < -0.4 is 9.47 Å². The number of hydrogen-bond donors (Lipinski definition) is 0. The lowest BCUT2D eigenvalue weighted by atomic mass is 9.86. The molecule has 0 heterocycles. The van der Waals surface area contributed by atoms with Crippen molar-refractivity contribution < 1.29 is 14.3 Å². The van der Waals surface area contributed by atoms with Gasteiger partial charge in [-0.2, -0.15) is 0 Å². The molecule has 0 aliphatic carbocycles. The molecule has 0 spiro atoms. The minimum atomic E-state index is -0.481. The predicted molar refractivity (Wildman–Crippen MR) is 68.3 cm³/mol. The van der Waals surface area contributed by atoms with Gasteiger partial charge in [-0.25, -0.2) is 0 Å². The van der Waals surface area contributed by atoms with E-state index in [1.54, 1.807) is 12.1 Å². The van der Waals surface area contributed by atoms with Crippen molar-refractivity contribution >= 4 is 17.4 Å². The summed E-state index contributed by atoms with van der Waals surface area (Å²) in [5.74, 6) is 0.846. The monoisotopic (exact) mass is 256 g/mol. The van der Waals surface area contributed by atoms with E-state index in [1.165, 1.54) is 14.2 Å². The van der Waals surface area contributed by atoms with Gasteiger partial charge in [0.1, 0.15) is 10.8 Å². The number of benzene rings is 1. The number of ketones is 1. The van der Waals surface area contributed by atoms with Crippen molar-refractivity contribution in [3.8, 4) is 11.5 Å². The fourth-order valence-electron chi connectivity index (χ4n) is 1.48. The van der Waals surface area contributed by atoms with Crippen LogP contribution in [-0.2, 0) is 0 Å². The zero-order chi connectivity index (χ0) is 13.2.